The van der Waals surface area contributed by atoms with Crippen LogP contribution in [0.15, 0.2) is 16.9 Å². The molecule has 3 heterocycles. The number of aryl methyl sites for hydroxylation is 1. The molecule has 0 radical (unpaired) electrons. The molecule has 11 nitrogen and oxygen atoms in total. The Kier molecular flexibility index (Phi) is 7.26. The Labute approximate surface area is 210 Å². The molecule has 0 spiro atoms. The largest absolute Gasteiger partial charge is 0.349 e. The second-order valence-corrected chi connectivity index (χ2v) is 10.2. The smallest absolute Gasteiger partial charge is 0.349 e. The molecule has 3 atom stereocenters. The maximum atomic E-state index is 13.2. The van der Waals surface area contributed by atoms with Gasteiger partial charge < -0.3 is 4.90 Å². The summed E-state index contributed by atoms with van der Waals surface area (Å²) in [4.78, 5) is 51.0. The van der Waals surface area contributed by atoms with E-state index in [0.29, 0.717) is 29.9 Å². The average Bonchev–Trinajstić information content (AvgIpc) is 3.70. The van der Waals surface area contributed by atoms with E-state index in [1.807, 2.05) is 20.8 Å². The van der Waals surface area contributed by atoms with Crippen molar-refractivity contribution in [3.05, 3.63) is 28.3 Å². The fourth-order valence-electron chi connectivity index (χ4n) is 5.02. The van der Waals surface area contributed by atoms with Gasteiger partial charge in [0.05, 0.1) is 11.6 Å². The number of carbonyl (C=O) groups is 2. The van der Waals surface area contributed by atoms with E-state index in [9.17, 15) is 19.6 Å². The van der Waals surface area contributed by atoms with Gasteiger partial charge in [-0.15, -0.1) is 0 Å². The van der Waals surface area contributed by atoms with E-state index in [1.165, 1.54) is 4.57 Å². The minimum Gasteiger partial charge on any atom is -0.349 e. The Hall–Kier alpha value is -3.52. The minimum atomic E-state index is -0.435. The molecule has 2 aliphatic rings. The summed E-state index contributed by atoms with van der Waals surface area (Å²) in [6.07, 6.45) is 2.50. The maximum Gasteiger partial charge on any atom is 0.349 e. The lowest BCUT2D eigenvalue weighted by Crippen LogP contribution is -2.65. The number of hydrogen-bond donors (Lipinski definition) is 2. The van der Waals surface area contributed by atoms with Crippen LogP contribution in [0.2, 0.25) is 0 Å². The zero-order chi connectivity index (χ0) is 26.1. The summed E-state index contributed by atoms with van der Waals surface area (Å²) in [6.45, 7) is 9.19. The van der Waals surface area contributed by atoms with Crippen LogP contribution in [0.3, 0.4) is 0 Å². The van der Waals surface area contributed by atoms with Crippen LogP contribution in [-0.2, 0) is 16.6 Å². The molecule has 4 rings (SSSR count). The van der Waals surface area contributed by atoms with E-state index in [-0.39, 0.29) is 41.4 Å². The van der Waals surface area contributed by atoms with Gasteiger partial charge in [-0.3, -0.25) is 29.9 Å². The highest BCUT2D eigenvalue weighted by molar-refractivity contribution is 5.88. The van der Waals surface area contributed by atoms with Gasteiger partial charge in [0.1, 0.15) is 17.3 Å². The first-order valence-electron chi connectivity index (χ1n) is 12.6. The molecule has 1 saturated heterocycles. The van der Waals surface area contributed by atoms with E-state index >= 15 is 0 Å². The first kappa shape index (κ1) is 25.6. The van der Waals surface area contributed by atoms with Crippen LogP contribution in [-0.4, -0.2) is 62.5 Å². The van der Waals surface area contributed by atoms with Crippen LogP contribution in [0.25, 0.3) is 11.0 Å². The summed E-state index contributed by atoms with van der Waals surface area (Å²) < 4.78 is 1.43. The van der Waals surface area contributed by atoms with Crippen molar-refractivity contribution in [1.82, 2.24) is 30.3 Å². The van der Waals surface area contributed by atoms with Crippen molar-refractivity contribution in [3.8, 4) is 6.07 Å². The van der Waals surface area contributed by atoms with Gasteiger partial charge in [-0.2, -0.15) is 10.2 Å². The van der Waals surface area contributed by atoms with Crippen molar-refractivity contribution in [1.29, 1.82) is 5.26 Å². The topological polar surface area (TPSA) is 136 Å². The number of fused-ring (bicyclic) bond motifs is 1. The average molecular weight is 495 g/mol. The van der Waals surface area contributed by atoms with Crippen LogP contribution in [0, 0.1) is 23.2 Å². The van der Waals surface area contributed by atoms with Crippen LogP contribution in [0.1, 0.15) is 52.7 Å². The number of nitrogens with zero attached hydrogens (tertiary/aromatic N) is 6. The first-order valence-corrected chi connectivity index (χ1v) is 12.6. The lowest BCUT2D eigenvalue weighted by atomic mass is 9.95. The molecule has 36 heavy (non-hydrogen) atoms. The standard InChI is InChI=1S/C25H34N8O3/c1-6-18-13-32(22-20-19(31(5)25(36)28-22)10-9-17(11-26)27-20)15(4)12-33(18)21(14(2)3)24(35)30-29-23(34)16-7-8-16/h9-10,14-16,18,21H,6-8,12-13H2,1-5H3,(H,29,34)(H,30,35)/t15-,18+,21?/m0/s1. The highest BCUT2D eigenvalue weighted by Gasteiger charge is 2.40. The monoisotopic (exact) mass is 494 g/mol. The molecule has 2 aromatic heterocycles. The van der Waals surface area contributed by atoms with Crippen molar-refractivity contribution in [3.63, 3.8) is 0 Å². The third-order valence-corrected chi connectivity index (χ3v) is 7.19. The Morgan fingerprint density at radius 1 is 1.19 bits per heavy atom. The summed E-state index contributed by atoms with van der Waals surface area (Å²) >= 11 is 0. The predicted molar refractivity (Wildman–Crippen MR) is 135 cm³/mol. The fraction of sp³-hybridized carbons (Fsp3) is 0.600. The van der Waals surface area contributed by atoms with E-state index in [4.69, 9.17) is 0 Å². The summed E-state index contributed by atoms with van der Waals surface area (Å²) in [7, 11) is 1.64. The van der Waals surface area contributed by atoms with Crippen LogP contribution >= 0.6 is 0 Å². The third-order valence-electron chi connectivity index (χ3n) is 7.19. The molecule has 1 aliphatic heterocycles. The number of anilines is 1. The summed E-state index contributed by atoms with van der Waals surface area (Å²) in [6, 6.07) is 4.86. The zero-order valence-corrected chi connectivity index (χ0v) is 21.5. The normalized spacial score (nSPS) is 21.3. The number of hydrogen-bond acceptors (Lipinski definition) is 8. The molecule has 192 valence electrons. The number of rotatable bonds is 6. The predicted octanol–water partition coefficient (Wildman–Crippen LogP) is 1.07. The van der Waals surface area contributed by atoms with Gasteiger partial charge in [0.2, 0.25) is 5.91 Å². The number of nitriles is 1. The van der Waals surface area contributed by atoms with Gasteiger partial charge in [-0.05, 0) is 44.2 Å². The van der Waals surface area contributed by atoms with Gasteiger partial charge in [-0.25, -0.2) is 9.78 Å². The van der Waals surface area contributed by atoms with Crippen LogP contribution < -0.4 is 21.4 Å². The van der Waals surface area contributed by atoms with Crippen molar-refractivity contribution >= 4 is 28.7 Å². The Bertz CT molecular complexity index is 1260. The molecule has 1 saturated carbocycles. The molecular weight excluding hydrogens is 460 g/mol. The highest BCUT2D eigenvalue weighted by Crippen LogP contribution is 2.30. The Morgan fingerprint density at radius 3 is 2.53 bits per heavy atom. The van der Waals surface area contributed by atoms with E-state index in [1.54, 1.807) is 19.2 Å². The van der Waals surface area contributed by atoms with Gasteiger partial charge in [0.15, 0.2) is 5.82 Å². The molecule has 11 heteroatoms. The van der Waals surface area contributed by atoms with E-state index in [2.05, 4.69) is 43.6 Å². The van der Waals surface area contributed by atoms with Gasteiger partial charge in [-0.1, -0.05) is 20.8 Å². The SMILES string of the molecule is CC[C@@H]1CN(c2nc(=O)n(C)c3ccc(C#N)nc23)[C@@H](C)CN1C(C(=O)NNC(=O)C1CC1)C(C)C. The van der Waals surface area contributed by atoms with E-state index in [0.717, 1.165) is 19.3 Å². The number of piperazine rings is 1. The van der Waals surface area contributed by atoms with Crippen molar-refractivity contribution in [2.24, 2.45) is 18.9 Å². The molecule has 0 bridgehead atoms. The number of aromatic nitrogens is 3. The molecule has 0 aromatic carbocycles. The first-order chi connectivity index (χ1) is 17.2. The summed E-state index contributed by atoms with van der Waals surface area (Å²) in [5, 5.41) is 9.38. The lowest BCUT2D eigenvalue weighted by molar-refractivity contribution is -0.135. The zero-order valence-electron chi connectivity index (χ0n) is 21.5. The Balaban J connectivity index is 1.63. The molecule has 2 N–H and O–H groups in total. The molecule has 1 unspecified atom stereocenters. The summed E-state index contributed by atoms with van der Waals surface area (Å²) in [5.74, 6) is 0.113. The molecular formula is C25H34N8O3. The summed E-state index contributed by atoms with van der Waals surface area (Å²) in [5.41, 5.74) is 6.21. The van der Waals surface area contributed by atoms with Gasteiger partial charge >= 0.3 is 5.69 Å². The number of amides is 2. The van der Waals surface area contributed by atoms with Crippen LogP contribution in [0.5, 0.6) is 0 Å². The maximum absolute atomic E-state index is 13.2. The fourth-order valence-corrected chi connectivity index (χ4v) is 5.02. The molecule has 2 amide bonds. The minimum absolute atomic E-state index is 0.00135. The van der Waals surface area contributed by atoms with Crippen LogP contribution in [0.4, 0.5) is 5.82 Å². The van der Waals surface area contributed by atoms with E-state index < -0.39 is 11.7 Å². The third kappa shape index (κ3) is 4.91. The number of carbonyl (C=O) groups excluding carboxylic acids is 2. The molecule has 2 aromatic rings. The van der Waals surface area contributed by atoms with Crippen molar-refractivity contribution < 1.29 is 9.59 Å². The second-order valence-electron chi connectivity index (χ2n) is 10.2. The van der Waals surface area contributed by atoms with Crippen molar-refractivity contribution in [2.45, 2.75) is 65.1 Å². The van der Waals surface area contributed by atoms with Gasteiger partial charge in [0.25, 0.3) is 5.91 Å². The second kappa shape index (κ2) is 10.2. The van der Waals surface area contributed by atoms with Gasteiger partial charge in [0, 0.05) is 38.1 Å². The lowest BCUT2D eigenvalue weighted by Gasteiger charge is -2.49. The number of pyridine rings is 1. The number of hydrazine groups is 1. The highest BCUT2D eigenvalue weighted by atomic mass is 16.2. The quantitative estimate of drug-likeness (QED) is 0.569. The molecule has 2 fully saturated rings. The number of nitrogens with one attached hydrogen (secondary N) is 2. The molecule has 1 aliphatic carbocycles. The van der Waals surface area contributed by atoms with Crippen molar-refractivity contribution in [2.75, 3.05) is 18.0 Å². The Morgan fingerprint density at radius 2 is 1.92 bits per heavy atom.